The number of aliphatic carboxylic acids is 1. The van der Waals surface area contributed by atoms with E-state index in [4.69, 9.17) is 9.90 Å². The van der Waals surface area contributed by atoms with Crippen LogP contribution in [0.1, 0.15) is 0 Å². The maximum Gasteiger partial charge on any atom is 0.335 e. The molecule has 0 radical (unpaired) electrons. The minimum atomic E-state index is -1.41. The van der Waals surface area contributed by atoms with Crippen LogP contribution in [0.4, 0.5) is 4.39 Å². The quantitative estimate of drug-likeness (QED) is 0.742. The van der Waals surface area contributed by atoms with Crippen molar-refractivity contribution in [1.29, 1.82) is 0 Å². The molecule has 0 bridgehead atoms. The van der Waals surface area contributed by atoms with Crippen LogP contribution in [0.5, 0.6) is 0 Å². The molecule has 0 aliphatic rings. The third-order valence-electron chi connectivity index (χ3n) is 0.114. The van der Waals surface area contributed by atoms with Crippen LogP contribution >= 0.6 is 0 Å². The summed E-state index contributed by atoms with van der Waals surface area (Å²) in [5.41, 5.74) is 0. The molecule has 0 amide bonds. The molecule has 0 aromatic carbocycles. The van der Waals surface area contributed by atoms with Gasteiger partial charge in [-0.25, -0.2) is 9.18 Å². The molecule has 0 unspecified atom stereocenters. The molecule has 0 aliphatic carbocycles. The van der Waals surface area contributed by atoms with Crippen LogP contribution in [0.3, 0.4) is 0 Å². The van der Waals surface area contributed by atoms with E-state index in [-0.39, 0.29) is 31.1 Å². The third kappa shape index (κ3) is 8.82. The van der Waals surface area contributed by atoms with E-state index in [9.17, 15) is 4.39 Å². The van der Waals surface area contributed by atoms with Gasteiger partial charge in [-0.15, -0.1) is 0 Å². The molecule has 0 saturated heterocycles. The topological polar surface area (TPSA) is 37.3 Å². The van der Waals surface area contributed by atoms with Gasteiger partial charge in [0.1, 0.15) is 0 Å². The number of carboxylic acids is 1. The molecule has 34 valence electrons. The Morgan fingerprint density at radius 1 is 1.83 bits per heavy atom. The molecular formula is C2H3FO2U. The number of carbonyl (C=O) groups is 1. The van der Waals surface area contributed by atoms with Gasteiger partial charge >= 0.3 is 5.97 Å². The summed E-state index contributed by atoms with van der Waals surface area (Å²) in [6, 6.07) is 0. The van der Waals surface area contributed by atoms with Crippen LogP contribution in [-0.4, -0.2) is 17.8 Å². The zero-order valence-electron chi connectivity index (χ0n) is 2.94. The van der Waals surface area contributed by atoms with Gasteiger partial charge in [-0.3, -0.25) is 0 Å². The van der Waals surface area contributed by atoms with Crippen molar-refractivity contribution in [3.63, 3.8) is 0 Å². The Morgan fingerprint density at radius 2 is 2.00 bits per heavy atom. The van der Waals surface area contributed by atoms with E-state index in [1.165, 1.54) is 0 Å². The maximum absolute atomic E-state index is 10.5. The second kappa shape index (κ2) is 5.45. The minimum absolute atomic E-state index is 0. The van der Waals surface area contributed by atoms with Gasteiger partial charge in [-0.05, 0) is 0 Å². The molecule has 4 heteroatoms. The monoisotopic (exact) mass is 316 g/mol. The fraction of sp³-hybridized carbons (Fsp3) is 0.500. The fourth-order valence-electron chi connectivity index (χ4n) is 0. The molecular weight excluding hydrogens is 313 g/mol. The Morgan fingerprint density at radius 3 is 2.00 bits per heavy atom. The number of carboxylic acid groups (broad SMARTS) is 1. The van der Waals surface area contributed by atoms with Gasteiger partial charge < -0.3 is 5.11 Å². The van der Waals surface area contributed by atoms with E-state index >= 15 is 0 Å². The molecule has 0 aliphatic heterocycles. The second-order valence-electron chi connectivity index (χ2n) is 0.527. The van der Waals surface area contributed by atoms with Crippen molar-refractivity contribution in [3.8, 4) is 0 Å². The maximum atomic E-state index is 10.5. The molecule has 0 rings (SSSR count). The summed E-state index contributed by atoms with van der Waals surface area (Å²) in [5, 5.41) is 7.35. The second-order valence-corrected chi connectivity index (χ2v) is 0.527. The Kier molecular flexibility index (Phi) is 8.79. The van der Waals surface area contributed by atoms with Crippen molar-refractivity contribution in [1.82, 2.24) is 0 Å². The van der Waals surface area contributed by atoms with E-state index in [0.717, 1.165) is 0 Å². The summed E-state index contributed by atoms with van der Waals surface area (Å²) in [6.45, 7) is -1.28. The zero-order valence-corrected chi connectivity index (χ0v) is 7.10. The van der Waals surface area contributed by atoms with Crippen LogP contribution in [-0.2, 0) is 4.79 Å². The fourth-order valence-corrected chi connectivity index (χ4v) is 0. The zero-order chi connectivity index (χ0) is 4.28. The van der Waals surface area contributed by atoms with Gasteiger partial charge in [0.15, 0.2) is 6.67 Å². The first-order chi connectivity index (χ1) is 2.27. The Labute approximate surface area is 58.1 Å². The van der Waals surface area contributed by atoms with Gasteiger partial charge in [0, 0.05) is 31.1 Å². The summed E-state index contributed by atoms with van der Waals surface area (Å²) in [5.74, 6) is -1.41. The van der Waals surface area contributed by atoms with Gasteiger partial charge in [-0.1, -0.05) is 0 Å². The molecule has 0 atom stereocenters. The SMILES string of the molecule is O=C(O)CF.[U]. The Hall–Kier alpha value is 0.452. The van der Waals surface area contributed by atoms with E-state index in [1.54, 1.807) is 0 Å². The van der Waals surface area contributed by atoms with E-state index in [2.05, 4.69) is 0 Å². The van der Waals surface area contributed by atoms with E-state index in [1.807, 2.05) is 0 Å². The summed E-state index contributed by atoms with van der Waals surface area (Å²) in [6.07, 6.45) is 0. The molecule has 0 spiro atoms. The van der Waals surface area contributed by atoms with Crippen molar-refractivity contribution >= 4 is 5.97 Å². The van der Waals surface area contributed by atoms with E-state index in [0.29, 0.717) is 0 Å². The molecule has 1 N–H and O–H groups in total. The average Bonchev–Trinajstić information content (AvgIpc) is 1.38. The van der Waals surface area contributed by atoms with Crippen LogP contribution in [0.15, 0.2) is 0 Å². The van der Waals surface area contributed by atoms with Crippen molar-refractivity contribution in [2.45, 2.75) is 0 Å². The number of hydrogen-bond acceptors (Lipinski definition) is 1. The first kappa shape index (κ1) is 9.68. The minimum Gasteiger partial charge on any atom is -0.479 e. The van der Waals surface area contributed by atoms with Crippen LogP contribution < -0.4 is 0 Å². The smallest absolute Gasteiger partial charge is 0.335 e. The van der Waals surface area contributed by atoms with Crippen LogP contribution in [0, 0.1) is 31.1 Å². The number of rotatable bonds is 1. The Balaban J connectivity index is 0. The molecule has 0 aromatic rings. The van der Waals surface area contributed by atoms with Gasteiger partial charge in [0.05, 0.1) is 0 Å². The summed E-state index contributed by atoms with van der Waals surface area (Å²) in [7, 11) is 0. The Bertz CT molecular complexity index is 46.8. The van der Waals surface area contributed by atoms with Gasteiger partial charge in [-0.2, -0.15) is 0 Å². The largest absolute Gasteiger partial charge is 0.479 e. The van der Waals surface area contributed by atoms with Crippen molar-refractivity contribution in [3.05, 3.63) is 0 Å². The molecule has 0 heterocycles. The number of hydrogen-bond donors (Lipinski definition) is 1. The predicted octanol–water partition coefficient (Wildman–Crippen LogP) is 0.0405. The third-order valence-corrected chi connectivity index (χ3v) is 0.114. The number of halogens is 1. The average molecular weight is 316 g/mol. The normalized spacial score (nSPS) is 6.17. The molecule has 0 aromatic heterocycles. The summed E-state index contributed by atoms with van der Waals surface area (Å²) in [4.78, 5) is 8.99. The van der Waals surface area contributed by atoms with Gasteiger partial charge in [0.25, 0.3) is 0 Å². The standard InChI is InChI=1S/C2H3FO2.U/c3-1-2(4)5;/h1H2,(H,4,5);. The molecule has 2 nitrogen and oxygen atoms in total. The van der Waals surface area contributed by atoms with E-state index < -0.39 is 12.6 Å². The molecule has 0 fully saturated rings. The molecule has 6 heavy (non-hydrogen) atoms. The van der Waals surface area contributed by atoms with Gasteiger partial charge in [0.2, 0.25) is 0 Å². The predicted molar refractivity (Wildman–Crippen MR) is 13.6 cm³/mol. The summed E-state index contributed by atoms with van der Waals surface area (Å²) >= 11 is 0. The van der Waals surface area contributed by atoms with Crippen LogP contribution in [0.2, 0.25) is 0 Å². The first-order valence-corrected chi connectivity index (χ1v) is 1.05. The molecule has 0 saturated carbocycles. The van der Waals surface area contributed by atoms with Crippen LogP contribution in [0.25, 0.3) is 0 Å². The number of alkyl halides is 1. The van der Waals surface area contributed by atoms with Crippen molar-refractivity contribution in [2.24, 2.45) is 0 Å². The van der Waals surface area contributed by atoms with Crippen molar-refractivity contribution in [2.75, 3.05) is 6.67 Å². The summed E-state index contributed by atoms with van der Waals surface area (Å²) < 4.78 is 10.5. The van der Waals surface area contributed by atoms with Crippen molar-refractivity contribution < 1.29 is 45.4 Å². The first-order valence-electron chi connectivity index (χ1n) is 1.05.